The molecule has 2 atom stereocenters. The third kappa shape index (κ3) is 8.90. The first-order chi connectivity index (χ1) is 14.6. The molecule has 0 spiro atoms. The summed E-state index contributed by atoms with van der Waals surface area (Å²) >= 11 is 1.57. The molecule has 1 aliphatic rings. The van der Waals surface area contributed by atoms with Crippen LogP contribution in [0.4, 0.5) is 0 Å². The van der Waals surface area contributed by atoms with Crippen LogP contribution < -0.4 is 4.74 Å². The molecule has 30 heavy (non-hydrogen) atoms. The van der Waals surface area contributed by atoms with E-state index in [-0.39, 0.29) is 29.7 Å². The molecule has 1 aliphatic carbocycles. The van der Waals surface area contributed by atoms with Gasteiger partial charge in [0.15, 0.2) is 5.78 Å². The number of rotatable bonds is 11. The highest BCUT2D eigenvalue weighted by molar-refractivity contribution is 8.00. The van der Waals surface area contributed by atoms with Crippen molar-refractivity contribution in [2.75, 3.05) is 13.2 Å². The summed E-state index contributed by atoms with van der Waals surface area (Å²) in [5.41, 5.74) is 2.78. The van der Waals surface area contributed by atoms with Crippen LogP contribution in [0.25, 0.3) is 0 Å². The predicted octanol–water partition coefficient (Wildman–Crippen LogP) is 5.25. The third-order valence-corrected chi connectivity index (χ3v) is 6.10. The van der Waals surface area contributed by atoms with Crippen molar-refractivity contribution in [1.29, 1.82) is 0 Å². The van der Waals surface area contributed by atoms with Crippen LogP contribution in [0, 0.1) is 0 Å². The average molecular weight is 433 g/mol. The summed E-state index contributed by atoms with van der Waals surface area (Å²) in [4.78, 5) is 11.6. The highest BCUT2D eigenvalue weighted by atomic mass is 32.2. The average Bonchev–Trinajstić information content (AvgIpc) is 3.00. The van der Waals surface area contributed by atoms with E-state index in [0.717, 1.165) is 30.6 Å². The standard InChI is InChI=1S/C23H30O4S.C2H6/c1-3-21(16-25)28-23(13-14-24)27-22-10-5-4-8-20(22)15-18-7-6-9-19(12-11-18)17(2)26;1-2/h4-6,8-12,21,23-25H,3,7,13-16H2,1-2H3;1-2H3. The maximum atomic E-state index is 11.6. The molecule has 0 aliphatic heterocycles. The van der Waals surface area contributed by atoms with Crippen molar-refractivity contribution in [3.63, 3.8) is 0 Å². The van der Waals surface area contributed by atoms with Crippen LogP contribution >= 0.6 is 11.8 Å². The first kappa shape index (κ1) is 26.2. The fourth-order valence-electron chi connectivity index (χ4n) is 2.93. The minimum Gasteiger partial charge on any atom is -0.479 e. The molecule has 1 aromatic carbocycles. The van der Waals surface area contributed by atoms with Crippen molar-refractivity contribution in [3.05, 3.63) is 65.3 Å². The van der Waals surface area contributed by atoms with Gasteiger partial charge in [-0.3, -0.25) is 4.79 Å². The van der Waals surface area contributed by atoms with Crippen LogP contribution in [-0.4, -0.2) is 39.9 Å². The Balaban J connectivity index is 0.00000218. The van der Waals surface area contributed by atoms with Crippen LogP contribution in [0.3, 0.4) is 0 Å². The second-order valence-corrected chi connectivity index (χ2v) is 8.27. The molecule has 2 N–H and O–H groups in total. The van der Waals surface area contributed by atoms with E-state index in [9.17, 15) is 15.0 Å². The molecule has 2 rings (SSSR count). The number of ketones is 1. The molecular formula is C25H36O4S. The molecule has 0 saturated heterocycles. The number of carbonyl (C=O) groups is 1. The summed E-state index contributed by atoms with van der Waals surface area (Å²) in [7, 11) is 0. The van der Waals surface area contributed by atoms with Crippen molar-refractivity contribution < 1.29 is 19.7 Å². The maximum absolute atomic E-state index is 11.6. The van der Waals surface area contributed by atoms with Crippen molar-refractivity contribution in [2.24, 2.45) is 0 Å². The van der Waals surface area contributed by atoms with E-state index in [0.29, 0.717) is 12.0 Å². The molecule has 0 radical (unpaired) electrons. The van der Waals surface area contributed by atoms with Gasteiger partial charge in [0.2, 0.25) is 0 Å². The first-order valence-electron chi connectivity index (χ1n) is 10.8. The maximum Gasteiger partial charge on any atom is 0.159 e. The number of benzene rings is 1. The summed E-state index contributed by atoms with van der Waals surface area (Å²) in [6.07, 6.45) is 10.7. The Morgan fingerprint density at radius 1 is 1.20 bits per heavy atom. The number of hydrogen-bond donors (Lipinski definition) is 2. The molecule has 2 unspecified atom stereocenters. The Morgan fingerprint density at radius 3 is 2.57 bits per heavy atom. The molecule has 4 nitrogen and oxygen atoms in total. The Bertz CT molecular complexity index is 732. The number of allylic oxidation sites excluding steroid dienone is 6. The first-order valence-corrected chi connectivity index (χ1v) is 11.7. The van der Waals surface area contributed by atoms with Crippen LogP contribution in [0.2, 0.25) is 0 Å². The number of aliphatic hydroxyl groups is 2. The molecule has 5 heteroatoms. The fraction of sp³-hybridized carbons (Fsp3) is 0.480. The van der Waals surface area contributed by atoms with Gasteiger partial charge < -0.3 is 14.9 Å². The van der Waals surface area contributed by atoms with Gasteiger partial charge in [-0.05, 0) is 37.8 Å². The lowest BCUT2D eigenvalue weighted by Crippen LogP contribution is -2.21. The molecule has 0 saturated carbocycles. The topological polar surface area (TPSA) is 66.8 Å². The van der Waals surface area contributed by atoms with Gasteiger partial charge in [0, 0.05) is 23.9 Å². The number of para-hydroxylation sites is 1. The normalized spacial score (nSPS) is 15.1. The summed E-state index contributed by atoms with van der Waals surface area (Å²) < 4.78 is 6.23. The minimum atomic E-state index is -0.213. The van der Waals surface area contributed by atoms with E-state index in [4.69, 9.17) is 4.74 Å². The molecule has 0 amide bonds. The van der Waals surface area contributed by atoms with Gasteiger partial charge >= 0.3 is 0 Å². The van der Waals surface area contributed by atoms with Crippen molar-refractivity contribution in [2.45, 2.75) is 64.1 Å². The molecule has 166 valence electrons. The molecule has 0 bridgehead atoms. The molecule has 0 heterocycles. The van der Waals surface area contributed by atoms with E-state index >= 15 is 0 Å². The Labute approximate surface area is 185 Å². The van der Waals surface area contributed by atoms with E-state index in [2.05, 4.69) is 0 Å². The number of hydrogen-bond acceptors (Lipinski definition) is 5. The lowest BCUT2D eigenvalue weighted by molar-refractivity contribution is -0.113. The summed E-state index contributed by atoms with van der Waals surface area (Å²) in [6.45, 7) is 7.74. The number of carbonyl (C=O) groups excluding carboxylic acids is 1. The van der Waals surface area contributed by atoms with E-state index in [1.54, 1.807) is 18.7 Å². The highest BCUT2D eigenvalue weighted by Gasteiger charge is 2.18. The second kappa shape index (κ2) is 15.1. The number of ether oxygens (including phenoxy) is 1. The predicted molar refractivity (Wildman–Crippen MR) is 127 cm³/mol. The van der Waals surface area contributed by atoms with Crippen LogP contribution in [-0.2, 0) is 11.2 Å². The zero-order valence-electron chi connectivity index (χ0n) is 18.6. The smallest absolute Gasteiger partial charge is 0.159 e. The van der Waals surface area contributed by atoms with Gasteiger partial charge in [-0.15, -0.1) is 11.8 Å². The van der Waals surface area contributed by atoms with Crippen LogP contribution in [0.5, 0.6) is 5.75 Å². The van der Waals surface area contributed by atoms with Gasteiger partial charge in [-0.2, -0.15) is 0 Å². The summed E-state index contributed by atoms with van der Waals surface area (Å²) in [6, 6.07) is 7.93. The Hall–Kier alpha value is -1.82. The van der Waals surface area contributed by atoms with Crippen molar-refractivity contribution >= 4 is 17.5 Å². The summed E-state index contributed by atoms with van der Waals surface area (Å²) in [5.74, 6) is 0.863. The fourth-order valence-corrected chi connectivity index (χ4v) is 4.04. The minimum absolute atomic E-state index is 0.0380. The van der Waals surface area contributed by atoms with Crippen molar-refractivity contribution in [3.8, 4) is 5.75 Å². The van der Waals surface area contributed by atoms with E-state index in [1.165, 1.54) is 5.57 Å². The number of Topliss-reactive ketones (excluding diaryl/α,β-unsaturated/α-hetero) is 1. The van der Waals surface area contributed by atoms with Gasteiger partial charge in [0.05, 0.1) is 6.61 Å². The largest absolute Gasteiger partial charge is 0.479 e. The van der Waals surface area contributed by atoms with Gasteiger partial charge in [-0.25, -0.2) is 0 Å². The Kier molecular flexibility index (Phi) is 13.2. The number of aliphatic hydroxyl groups excluding tert-OH is 2. The lowest BCUT2D eigenvalue weighted by Gasteiger charge is -2.23. The summed E-state index contributed by atoms with van der Waals surface area (Å²) in [5, 5.41) is 19.0. The van der Waals surface area contributed by atoms with E-state index < -0.39 is 0 Å². The van der Waals surface area contributed by atoms with E-state index in [1.807, 2.05) is 69.3 Å². The molecule has 0 fully saturated rings. The SMILES string of the molecule is CC.CCC(CO)SC(CCO)Oc1ccccc1CC1=CC=C(C(C)=O)C=CC1. The van der Waals surface area contributed by atoms with Crippen LogP contribution in [0.15, 0.2) is 59.7 Å². The Morgan fingerprint density at radius 2 is 1.93 bits per heavy atom. The third-order valence-electron chi connectivity index (χ3n) is 4.60. The van der Waals surface area contributed by atoms with Crippen LogP contribution in [0.1, 0.15) is 52.5 Å². The molecule has 1 aromatic rings. The van der Waals surface area contributed by atoms with Gasteiger partial charge in [0.1, 0.15) is 11.2 Å². The quantitative estimate of drug-likeness (QED) is 0.468. The molecular weight excluding hydrogens is 396 g/mol. The zero-order valence-corrected chi connectivity index (χ0v) is 19.5. The van der Waals surface area contributed by atoms with Gasteiger partial charge in [0.25, 0.3) is 0 Å². The second-order valence-electron chi connectivity index (χ2n) is 6.80. The van der Waals surface area contributed by atoms with Crippen molar-refractivity contribution in [1.82, 2.24) is 0 Å². The monoisotopic (exact) mass is 432 g/mol. The lowest BCUT2D eigenvalue weighted by atomic mass is 10.0. The highest BCUT2D eigenvalue weighted by Crippen LogP contribution is 2.30. The zero-order chi connectivity index (χ0) is 22.4. The van der Waals surface area contributed by atoms with Gasteiger partial charge in [-0.1, -0.05) is 68.8 Å². The number of thioether (sulfide) groups is 1. The molecule has 0 aromatic heterocycles.